The van der Waals surface area contributed by atoms with Crippen molar-refractivity contribution < 1.29 is 23.0 Å². The van der Waals surface area contributed by atoms with Crippen LogP contribution in [-0.4, -0.2) is 74.3 Å². The molecule has 2 saturated heterocycles. The number of nitrogens with zero attached hydrogens (tertiary/aromatic N) is 2. The molecule has 2 atom stereocenters. The number of nitrogens with one attached hydrogen (secondary N) is 1. The van der Waals surface area contributed by atoms with Crippen LogP contribution in [0.1, 0.15) is 13.3 Å². The summed E-state index contributed by atoms with van der Waals surface area (Å²) in [5, 5.41) is 2.84. The van der Waals surface area contributed by atoms with Crippen molar-refractivity contribution in [2.75, 3.05) is 51.3 Å². The fourth-order valence-electron chi connectivity index (χ4n) is 3.56. The van der Waals surface area contributed by atoms with Crippen molar-refractivity contribution in [3.63, 3.8) is 0 Å². The molecule has 8 heteroatoms. The molecule has 0 spiro atoms. The molecule has 150 valence electrons. The minimum absolute atomic E-state index is 0.0693. The third kappa shape index (κ3) is 5.85. The van der Waals surface area contributed by atoms with Crippen molar-refractivity contribution in [2.45, 2.75) is 26.0 Å². The summed E-state index contributed by atoms with van der Waals surface area (Å²) in [6.45, 7) is 5.45. The van der Waals surface area contributed by atoms with Crippen molar-refractivity contribution >= 4 is 11.6 Å². The summed E-state index contributed by atoms with van der Waals surface area (Å²) in [4.78, 5) is 17.1. The first-order valence-corrected chi connectivity index (χ1v) is 9.41. The lowest BCUT2D eigenvalue weighted by Gasteiger charge is -2.38. The summed E-state index contributed by atoms with van der Waals surface area (Å²) < 4.78 is 34.1. The van der Waals surface area contributed by atoms with Gasteiger partial charge in [0.15, 0.2) is 0 Å². The maximum Gasteiger partial charge on any atom is 0.387 e. The van der Waals surface area contributed by atoms with Gasteiger partial charge >= 0.3 is 6.61 Å². The minimum Gasteiger partial charge on any atom is -0.435 e. The summed E-state index contributed by atoms with van der Waals surface area (Å²) in [6, 6.07) is 5.70. The van der Waals surface area contributed by atoms with Crippen LogP contribution in [0.3, 0.4) is 0 Å². The molecule has 0 aliphatic carbocycles. The number of rotatable bonds is 7. The van der Waals surface area contributed by atoms with Crippen LogP contribution in [0.2, 0.25) is 0 Å². The molecule has 2 aliphatic heterocycles. The minimum atomic E-state index is -2.86. The lowest BCUT2D eigenvalue weighted by atomic mass is 10.1. The highest BCUT2D eigenvalue weighted by molar-refractivity contribution is 5.94. The number of carbonyl (C=O) groups is 1. The van der Waals surface area contributed by atoms with Crippen LogP contribution >= 0.6 is 0 Å². The standard InChI is InChI=1S/C19H27F2N3O3/c1-14(18(25)22-16-2-4-17(5-3-16)27-19(20)21)24-9-7-23(8-10-24)12-15-6-11-26-13-15/h2-5,14-15,19H,6-13H2,1H3,(H,22,25)/t14-,15-/m0/s1. The van der Waals surface area contributed by atoms with Gasteiger partial charge in [-0.05, 0) is 43.5 Å². The topological polar surface area (TPSA) is 54.0 Å². The zero-order valence-electron chi connectivity index (χ0n) is 15.6. The number of ether oxygens (including phenoxy) is 2. The van der Waals surface area contributed by atoms with Gasteiger partial charge < -0.3 is 19.7 Å². The zero-order chi connectivity index (χ0) is 19.2. The van der Waals surface area contributed by atoms with Crippen molar-refractivity contribution in [1.29, 1.82) is 0 Å². The summed E-state index contributed by atoms with van der Waals surface area (Å²) in [7, 11) is 0. The number of anilines is 1. The maximum absolute atomic E-state index is 12.5. The van der Waals surface area contributed by atoms with Gasteiger partial charge in [-0.2, -0.15) is 8.78 Å². The van der Waals surface area contributed by atoms with Crippen molar-refractivity contribution in [2.24, 2.45) is 5.92 Å². The van der Waals surface area contributed by atoms with Gasteiger partial charge in [0, 0.05) is 45.0 Å². The van der Waals surface area contributed by atoms with Gasteiger partial charge in [0.05, 0.1) is 12.6 Å². The number of carbonyl (C=O) groups excluding carboxylic acids is 1. The van der Waals surface area contributed by atoms with Crippen LogP contribution in [0.25, 0.3) is 0 Å². The highest BCUT2D eigenvalue weighted by Crippen LogP contribution is 2.19. The number of hydrogen-bond donors (Lipinski definition) is 1. The number of amides is 1. The van der Waals surface area contributed by atoms with E-state index in [9.17, 15) is 13.6 Å². The fraction of sp³-hybridized carbons (Fsp3) is 0.632. The molecule has 3 rings (SSSR count). The number of benzene rings is 1. The Bertz CT molecular complexity index is 601. The molecule has 0 unspecified atom stereocenters. The lowest BCUT2D eigenvalue weighted by molar-refractivity contribution is -0.121. The summed E-state index contributed by atoms with van der Waals surface area (Å²) >= 11 is 0. The van der Waals surface area contributed by atoms with Crippen LogP contribution in [0.5, 0.6) is 5.75 Å². The van der Waals surface area contributed by atoms with E-state index < -0.39 is 6.61 Å². The van der Waals surface area contributed by atoms with Crippen LogP contribution in [0.4, 0.5) is 14.5 Å². The van der Waals surface area contributed by atoms with E-state index >= 15 is 0 Å². The molecule has 1 N–H and O–H groups in total. The molecular weight excluding hydrogens is 356 g/mol. The Morgan fingerprint density at radius 3 is 2.56 bits per heavy atom. The highest BCUT2D eigenvalue weighted by atomic mass is 19.3. The molecule has 0 aromatic heterocycles. The van der Waals surface area contributed by atoms with E-state index in [1.807, 2.05) is 6.92 Å². The predicted molar refractivity (Wildman–Crippen MR) is 98.1 cm³/mol. The van der Waals surface area contributed by atoms with Gasteiger partial charge in [-0.3, -0.25) is 9.69 Å². The molecule has 1 aromatic carbocycles. The summed E-state index contributed by atoms with van der Waals surface area (Å²) in [5.74, 6) is 0.601. The molecule has 0 saturated carbocycles. The Kier molecular flexibility index (Phi) is 6.98. The zero-order valence-corrected chi connectivity index (χ0v) is 15.6. The molecule has 2 aliphatic rings. The van der Waals surface area contributed by atoms with Gasteiger partial charge in [0.1, 0.15) is 5.75 Å². The second kappa shape index (κ2) is 9.43. The van der Waals surface area contributed by atoms with Gasteiger partial charge in [0.2, 0.25) is 5.91 Å². The van der Waals surface area contributed by atoms with Crippen molar-refractivity contribution in [3.8, 4) is 5.75 Å². The number of halogens is 2. The first kappa shape index (κ1) is 20.0. The fourth-order valence-corrected chi connectivity index (χ4v) is 3.56. The number of hydrogen-bond acceptors (Lipinski definition) is 5. The van der Waals surface area contributed by atoms with Crippen molar-refractivity contribution in [3.05, 3.63) is 24.3 Å². The molecule has 0 radical (unpaired) electrons. The smallest absolute Gasteiger partial charge is 0.387 e. The van der Waals surface area contributed by atoms with E-state index in [4.69, 9.17) is 4.74 Å². The molecule has 2 heterocycles. The van der Waals surface area contributed by atoms with Gasteiger partial charge in [-0.15, -0.1) is 0 Å². The first-order chi connectivity index (χ1) is 13.0. The predicted octanol–water partition coefficient (Wildman–Crippen LogP) is 2.27. The maximum atomic E-state index is 12.5. The molecule has 6 nitrogen and oxygen atoms in total. The van der Waals surface area contributed by atoms with Crippen LogP contribution in [0.15, 0.2) is 24.3 Å². The Morgan fingerprint density at radius 2 is 1.96 bits per heavy atom. The number of piperazine rings is 1. The van der Waals surface area contributed by atoms with E-state index in [1.54, 1.807) is 12.1 Å². The SMILES string of the molecule is C[C@@H](C(=O)Nc1ccc(OC(F)F)cc1)N1CCN(C[C@@H]2CCOC2)CC1. The third-order valence-corrected chi connectivity index (χ3v) is 5.22. The van der Waals surface area contributed by atoms with Crippen LogP contribution < -0.4 is 10.1 Å². The molecule has 1 aromatic rings. The van der Waals surface area contributed by atoms with Crippen LogP contribution in [-0.2, 0) is 9.53 Å². The monoisotopic (exact) mass is 383 g/mol. The van der Waals surface area contributed by atoms with Gasteiger partial charge in [-0.25, -0.2) is 0 Å². The Balaban J connectivity index is 1.43. The molecule has 2 fully saturated rings. The Morgan fingerprint density at radius 1 is 1.26 bits per heavy atom. The average molecular weight is 383 g/mol. The molecular formula is C19H27F2N3O3. The quantitative estimate of drug-likeness (QED) is 0.783. The van der Waals surface area contributed by atoms with E-state index in [-0.39, 0.29) is 17.7 Å². The summed E-state index contributed by atoms with van der Waals surface area (Å²) in [5.41, 5.74) is 0.563. The molecule has 0 bridgehead atoms. The Hall–Kier alpha value is -1.77. The molecule has 27 heavy (non-hydrogen) atoms. The number of alkyl halides is 2. The third-order valence-electron chi connectivity index (χ3n) is 5.22. The average Bonchev–Trinajstić information content (AvgIpc) is 3.16. The second-order valence-electron chi connectivity index (χ2n) is 7.13. The largest absolute Gasteiger partial charge is 0.435 e. The van der Waals surface area contributed by atoms with E-state index in [2.05, 4.69) is 19.9 Å². The van der Waals surface area contributed by atoms with E-state index in [0.29, 0.717) is 11.6 Å². The van der Waals surface area contributed by atoms with Gasteiger partial charge in [-0.1, -0.05) is 0 Å². The first-order valence-electron chi connectivity index (χ1n) is 9.41. The van der Waals surface area contributed by atoms with Crippen molar-refractivity contribution in [1.82, 2.24) is 9.80 Å². The normalized spacial score (nSPS) is 22.7. The lowest BCUT2D eigenvalue weighted by Crippen LogP contribution is -2.53. The van der Waals surface area contributed by atoms with E-state index in [0.717, 1.165) is 52.4 Å². The second-order valence-corrected chi connectivity index (χ2v) is 7.13. The highest BCUT2D eigenvalue weighted by Gasteiger charge is 2.27. The molecule has 1 amide bonds. The summed E-state index contributed by atoms with van der Waals surface area (Å²) in [6.07, 6.45) is 1.14. The van der Waals surface area contributed by atoms with Gasteiger partial charge in [0.25, 0.3) is 0 Å². The van der Waals surface area contributed by atoms with Crippen LogP contribution in [0, 0.1) is 5.92 Å². The van der Waals surface area contributed by atoms with E-state index in [1.165, 1.54) is 12.1 Å². The Labute approximate surface area is 158 Å².